The number of rotatable bonds is 23. The molecule has 0 amide bonds. The quantitative estimate of drug-likeness (QED) is 0.0795. The number of ether oxygens (including phenoxy) is 1. The normalized spacial score (nSPS) is 12.3. The number of hydrogen-bond acceptors (Lipinski definition) is 6. The summed E-state index contributed by atoms with van der Waals surface area (Å²) in [6.07, 6.45) is 20.6. The minimum Gasteiger partial charge on any atom is -0.481 e. The second-order valence-corrected chi connectivity index (χ2v) is 8.59. The fourth-order valence-electron chi connectivity index (χ4n) is 2.93. The highest BCUT2D eigenvalue weighted by Crippen LogP contribution is 2.32. The Balaban J connectivity index is 3.32. The van der Waals surface area contributed by atoms with Crippen molar-refractivity contribution >= 4 is 20.5 Å². The molecule has 1 unspecified atom stereocenters. The van der Waals surface area contributed by atoms with Gasteiger partial charge in [0.15, 0.2) is 0 Å². The summed E-state index contributed by atoms with van der Waals surface area (Å²) in [5, 5.41) is 8.45. The van der Waals surface area contributed by atoms with E-state index in [1.165, 1.54) is 57.8 Å². The lowest BCUT2D eigenvalue weighted by Gasteiger charge is -2.10. The van der Waals surface area contributed by atoms with Crippen LogP contribution in [0.2, 0.25) is 0 Å². The van der Waals surface area contributed by atoms with Crippen molar-refractivity contribution in [2.75, 3.05) is 19.8 Å². The lowest BCUT2D eigenvalue weighted by molar-refractivity contribution is -0.144. The predicted molar refractivity (Wildman–Crippen MR) is 124 cm³/mol. The van der Waals surface area contributed by atoms with Gasteiger partial charge in [-0.3, -0.25) is 9.59 Å². The van der Waals surface area contributed by atoms with E-state index in [2.05, 4.69) is 19.1 Å². The summed E-state index contributed by atoms with van der Waals surface area (Å²) >= 11 is 0. The molecule has 0 saturated carbocycles. The van der Waals surface area contributed by atoms with Crippen LogP contribution in [0.5, 0.6) is 0 Å². The third-order valence-electron chi connectivity index (χ3n) is 4.71. The third-order valence-corrected chi connectivity index (χ3v) is 5.52. The van der Waals surface area contributed by atoms with Gasteiger partial charge in [-0.05, 0) is 32.1 Å². The second-order valence-electron chi connectivity index (χ2n) is 7.60. The van der Waals surface area contributed by atoms with E-state index in [1.54, 1.807) is 0 Å². The number of carboxylic acids is 1. The Morgan fingerprint density at radius 3 is 1.90 bits per heavy atom. The molecule has 31 heavy (non-hydrogen) atoms. The highest BCUT2D eigenvalue weighted by atomic mass is 31.2. The molecule has 0 saturated heterocycles. The topological polar surface area (TPSA) is 102 Å². The number of allylic oxidation sites excluding steroid dienone is 2. The molecule has 7 nitrogen and oxygen atoms in total. The van der Waals surface area contributed by atoms with Gasteiger partial charge in [0.2, 0.25) is 0 Å². The molecule has 0 aromatic heterocycles. The number of carboxylic acid groups (broad SMARTS) is 1. The molecule has 1 atom stereocenters. The Hall–Kier alpha value is -1.01. The van der Waals surface area contributed by atoms with Gasteiger partial charge in [0.1, 0.15) is 6.61 Å². The number of carbonyl (C=O) groups excluding carboxylic acids is 1. The Labute approximate surface area is 189 Å². The maximum absolute atomic E-state index is 11.6. The molecule has 0 aliphatic heterocycles. The zero-order valence-electron chi connectivity index (χ0n) is 19.3. The van der Waals surface area contributed by atoms with Crippen molar-refractivity contribution in [2.45, 2.75) is 103 Å². The molecule has 0 bridgehead atoms. The number of hydrogen-bond donors (Lipinski definition) is 2. The van der Waals surface area contributed by atoms with Crippen LogP contribution in [0.3, 0.4) is 0 Å². The fraction of sp³-hybridized carbons (Fsp3) is 0.826. The average molecular weight is 463 g/mol. The van der Waals surface area contributed by atoms with E-state index in [-0.39, 0.29) is 32.2 Å². The molecule has 0 aliphatic rings. The minimum absolute atomic E-state index is 0.0212. The Morgan fingerprint density at radius 2 is 1.29 bits per heavy atom. The van der Waals surface area contributed by atoms with Crippen LogP contribution in [-0.4, -0.2) is 41.8 Å². The fourth-order valence-corrected chi connectivity index (χ4v) is 3.48. The van der Waals surface area contributed by atoms with E-state index in [9.17, 15) is 14.5 Å². The SMILES string of the molecule is CCCCCCCC/C=C\CCCCCCCC(=O)OCCOP(O)OCCC(=O)O. The summed E-state index contributed by atoms with van der Waals surface area (Å²) in [5.74, 6) is -1.27. The van der Waals surface area contributed by atoms with E-state index in [1.807, 2.05) is 0 Å². The maximum Gasteiger partial charge on any atom is 0.329 e. The molecular formula is C23H43O7P. The van der Waals surface area contributed by atoms with Gasteiger partial charge < -0.3 is 23.8 Å². The first-order chi connectivity index (χ1) is 15.1. The molecule has 2 N–H and O–H groups in total. The predicted octanol–water partition coefficient (Wildman–Crippen LogP) is 6.29. The van der Waals surface area contributed by atoms with E-state index >= 15 is 0 Å². The van der Waals surface area contributed by atoms with Gasteiger partial charge >= 0.3 is 20.5 Å². The molecule has 0 fully saturated rings. The lowest BCUT2D eigenvalue weighted by atomic mass is 10.1. The molecular weight excluding hydrogens is 419 g/mol. The van der Waals surface area contributed by atoms with Gasteiger partial charge in [0.05, 0.1) is 19.6 Å². The van der Waals surface area contributed by atoms with Crippen molar-refractivity contribution in [3.05, 3.63) is 12.2 Å². The summed E-state index contributed by atoms with van der Waals surface area (Å²) in [7, 11) is -2.13. The third kappa shape index (κ3) is 25.1. The number of esters is 1. The Morgan fingerprint density at radius 1 is 0.742 bits per heavy atom. The van der Waals surface area contributed by atoms with Crippen molar-refractivity contribution in [1.29, 1.82) is 0 Å². The summed E-state index contributed by atoms with van der Waals surface area (Å²) in [6, 6.07) is 0. The van der Waals surface area contributed by atoms with Gasteiger partial charge in [-0.15, -0.1) is 0 Å². The number of unbranched alkanes of at least 4 members (excludes halogenated alkanes) is 11. The lowest BCUT2D eigenvalue weighted by Crippen LogP contribution is -2.10. The Bertz CT molecular complexity index is 457. The standard InChI is InChI=1S/C23H43O7P/c1-2-3-4-5-6-7-8-9-10-11-12-13-14-15-16-17-23(26)28-20-21-30-31(27)29-19-18-22(24)25/h9-10,27H,2-8,11-21H2,1H3,(H,24,25)/b10-9-. The molecule has 0 heterocycles. The van der Waals surface area contributed by atoms with Crippen molar-refractivity contribution in [1.82, 2.24) is 0 Å². The van der Waals surface area contributed by atoms with Crippen LogP contribution in [0.15, 0.2) is 12.2 Å². The second kappa shape index (κ2) is 23.6. The average Bonchev–Trinajstić information content (AvgIpc) is 2.73. The number of carbonyl (C=O) groups is 2. The van der Waals surface area contributed by atoms with E-state index < -0.39 is 14.6 Å². The Kier molecular flexibility index (Phi) is 22.9. The van der Waals surface area contributed by atoms with Gasteiger partial charge in [-0.1, -0.05) is 70.4 Å². The molecule has 182 valence electrons. The summed E-state index contributed by atoms with van der Waals surface area (Å²) < 4.78 is 14.8. The van der Waals surface area contributed by atoms with Crippen molar-refractivity contribution in [2.24, 2.45) is 0 Å². The molecule has 0 radical (unpaired) electrons. The number of aliphatic carboxylic acids is 1. The van der Waals surface area contributed by atoms with Crippen molar-refractivity contribution < 1.29 is 33.4 Å². The van der Waals surface area contributed by atoms with Crippen LogP contribution in [0.25, 0.3) is 0 Å². The van der Waals surface area contributed by atoms with Crippen LogP contribution >= 0.6 is 8.60 Å². The maximum atomic E-state index is 11.6. The van der Waals surface area contributed by atoms with E-state index in [4.69, 9.17) is 18.9 Å². The summed E-state index contributed by atoms with van der Waals surface area (Å²) in [5.41, 5.74) is 0. The first kappa shape index (κ1) is 30.0. The molecule has 0 aromatic rings. The zero-order chi connectivity index (χ0) is 23.0. The van der Waals surface area contributed by atoms with Gasteiger partial charge in [0.25, 0.3) is 0 Å². The molecule has 0 rings (SSSR count). The van der Waals surface area contributed by atoms with E-state index in [0.29, 0.717) is 6.42 Å². The van der Waals surface area contributed by atoms with Crippen molar-refractivity contribution in [3.63, 3.8) is 0 Å². The highest BCUT2D eigenvalue weighted by molar-refractivity contribution is 7.40. The monoisotopic (exact) mass is 462 g/mol. The van der Waals surface area contributed by atoms with Crippen LogP contribution < -0.4 is 0 Å². The first-order valence-electron chi connectivity index (χ1n) is 11.8. The largest absolute Gasteiger partial charge is 0.481 e. The summed E-state index contributed by atoms with van der Waals surface area (Å²) in [4.78, 5) is 31.3. The molecule has 0 aliphatic carbocycles. The minimum atomic E-state index is -2.13. The van der Waals surface area contributed by atoms with Crippen LogP contribution in [0, 0.1) is 0 Å². The molecule has 0 aromatic carbocycles. The van der Waals surface area contributed by atoms with Gasteiger partial charge in [-0.25, -0.2) is 0 Å². The van der Waals surface area contributed by atoms with E-state index in [0.717, 1.165) is 25.7 Å². The molecule has 8 heteroatoms. The molecule has 0 spiro atoms. The van der Waals surface area contributed by atoms with Crippen LogP contribution in [0.4, 0.5) is 0 Å². The van der Waals surface area contributed by atoms with Crippen LogP contribution in [0.1, 0.15) is 103 Å². The first-order valence-corrected chi connectivity index (χ1v) is 13.0. The van der Waals surface area contributed by atoms with Crippen LogP contribution in [-0.2, 0) is 23.4 Å². The highest BCUT2D eigenvalue weighted by Gasteiger charge is 2.09. The smallest absolute Gasteiger partial charge is 0.329 e. The zero-order valence-corrected chi connectivity index (χ0v) is 20.2. The van der Waals surface area contributed by atoms with Gasteiger partial charge in [-0.2, -0.15) is 0 Å². The van der Waals surface area contributed by atoms with Crippen molar-refractivity contribution in [3.8, 4) is 0 Å². The van der Waals surface area contributed by atoms with Gasteiger partial charge in [0, 0.05) is 6.42 Å². The summed E-state index contributed by atoms with van der Waals surface area (Å²) in [6.45, 7) is 2.20.